The number of aromatic nitrogens is 1. The first-order valence-electron chi connectivity index (χ1n) is 5.32. The first-order valence-corrected chi connectivity index (χ1v) is 5.32. The third-order valence-electron chi connectivity index (χ3n) is 2.24. The summed E-state index contributed by atoms with van der Waals surface area (Å²) in [6.07, 6.45) is 0. The third kappa shape index (κ3) is 3.28. The number of hydrogen-bond acceptors (Lipinski definition) is 4. The number of carbonyl (C=O) groups is 2. The Morgan fingerprint density at radius 3 is 2.56 bits per heavy atom. The van der Waals surface area contributed by atoms with E-state index in [9.17, 15) is 14.0 Å². The minimum atomic E-state index is -1.58. The van der Waals surface area contributed by atoms with Gasteiger partial charge in [-0.3, -0.25) is 4.79 Å². The predicted octanol–water partition coefficient (Wildman–Crippen LogP) is 1.12. The molecule has 1 amide bonds. The summed E-state index contributed by atoms with van der Waals surface area (Å²) < 4.78 is 17.3. The Morgan fingerprint density at radius 2 is 2.17 bits per heavy atom. The van der Waals surface area contributed by atoms with Crippen LogP contribution in [0, 0.1) is 0 Å². The molecule has 1 unspecified atom stereocenters. The van der Waals surface area contributed by atoms with E-state index in [4.69, 9.17) is 9.63 Å². The zero-order chi connectivity index (χ0) is 13.9. The van der Waals surface area contributed by atoms with Crippen LogP contribution >= 0.6 is 0 Å². The number of amides is 1. The fourth-order valence-corrected chi connectivity index (χ4v) is 1.13. The standard InChI is InChI=1S/C11H15FN2O4/c1-11(2,3)8-4-6(14-18-8)9(15)13-7(5-12)10(16)17/h4,7H,5H2,1-3H3,(H,13,15)(H,16,17). The Balaban J connectivity index is 2.79. The average molecular weight is 258 g/mol. The van der Waals surface area contributed by atoms with Gasteiger partial charge in [-0.2, -0.15) is 0 Å². The first-order chi connectivity index (χ1) is 8.25. The van der Waals surface area contributed by atoms with Crippen LogP contribution in [0.15, 0.2) is 10.6 Å². The lowest BCUT2D eigenvalue weighted by molar-refractivity contribution is -0.139. The molecule has 2 N–H and O–H groups in total. The molecule has 0 aromatic carbocycles. The summed E-state index contributed by atoms with van der Waals surface area (Å²) in [6.45, 7) is 4.43. The van der Waals surface area contributed by atoms with Gasteiger partial charge in [0.2, 0.25) is 0 Å². The molecule has 7 heteroatoms. The summed E-state index contributed by atoms with van der Waals surface area (Å²) in [7, 11) is 0. The van der Waals surface area contributed by atoms with E-state index in [-0.39, 0.29) is 11.1 Å². The zero-order valence-corrected chi connectivity index (χ0v) is 10.4. The molecular weight excluding hydrogens is 243 g/mol. The Bertz CT molecular complexity index is 450. The number of nitrogens with one attached hydrogen (secondary N) is 1. The normalized spacial score (nSPS) is 13.1. The van der Waals surface area contributed by atoms with E-state index >= 15 is 0 Å². The van der Waals surface area contributed by atoms with Crippen LogP contribution in [-0.4, -0.2) is 34.9 Å². The van der Waals surface area contributed by atoms with Gasteiger partial charge in [0.25, 0.3) is 5.91 Å². The molecule has 1 atom stereocenters. The molecule has 1 rings (SSSR count). The fourth-order valence-electron chi connectivity index (χ4n) is 1.13. The van der Waals surface area contributed by atoms with Gasteiger partial charge in [0, 0.05) is 11.5 Å². The van der Waals surface area contributed by atoms with Crippen LogP contribution in [0.3, 0.4) is 0 Å². The van der Waals surface area contributed by atoms with Gasteiger partial charge in [-0.1, -0.05) is 25.9 Å². The van der Waals surface area contributed by atoms with Gasteiger partial charge in [-0.25, -0.2) is 9.18 Å². The second-order valence-corrected chi connectivity index (χ2v) is 4.84. The lowest BCUT2D eigenvalue weighted by atomic mass is 9.93. The quantitative estimate of drug-likeness (QED) is 0.844. The Morgan fingerprint density at radius 1 is 1.56 bits per heavy atom. The number of carboxylic acid groups (broad SMARTS) is 1. The molecule has 0 fully saturated rings. The Kier molecular flexibility index (Phi) is 4.05. The molecule has 1 heterocycles. The minimum absolute atomic E-state index is 0.0698. The maximum Gasteiger partial charge on any atom is 0.328 e. The first kappa shape index (κ1) is 14.1. The number of alkyl halides is 1. The number of aliphatic carboxylic acids is 1. The van der Waals surface area contributed by atoms with Crippen molar-refractivity contribution >= 4 is 11.9 Å². The van der Waals surface area contributed by atoms with Gasteiger partial charge in [-0.05, 0) is 0 Å². The van der Waals surface area contributed by atoms with Crippen LogP contribution in [0.4, 0.5) is 4.39 Å². The van der Waals surface area contributed by atoms with Crippen molar-refractivity contribution < 1.29 is 23.6 Å². The molecule has 1 aromatic rings. The van der Waals surface area contributed by atoms with Crippen LogP contribution in [-0.2, 0) is 10.2 Å². The Labute approximate surface area is 103 Å². The molecule has 0 saturated carbocycles. The highest BCUT2D eigenvalue weighted by atomic mass is 19.1. The van der Waals surface area contributed by atoms with Crippen LogP contribution in [0.5, 0.6) is 0 Å². The summed E-state index contributed by atoms with van der Waals surface area (Å²) in [4.78, 5) is 22.2. The van der Waals surface area contributed by atoms with Crippen LogP contribution in [0.1, 0.15) is 37.0 Å². The molecule has 0 radical (unpaired) electrons. The van der Waals surface area contributed by atoms with Crippen molar-refractivity contribution in [1.29, 1.82) is 0 Å². The van der Waals surface area contributed by atoms with Crippen LogP contribution in [0.2, 0.25) is 0 Å². The zero-order valence-electron chi connectivity index (χ0n) is 10.4. The van der Waals surface area contributed by atoms with E-state index in [2.05, 4.69) is 5.16 Å². The van der Waals surface area contributed by atoms with E-state index in [1.807, 2.05) is 26.1 Å². The monoisotopic (exact) mass is 258 g/mol. The molecule has 6 nitrogen and oxygen atoms in total. The highest BCUT2D eigenvalue weighted by molar-refractivity contribution is 5.94. The number of rotatable bonds is 4. The third-order valence-corrected chi connectivity index (χ3v) is 2.24. The van der Waals surface area contributed by atoms with Crippen molar-refractivity contribution in [3.63, 3.8) is 0 Å². The summed E-state index contributed by atoms with van der Waals surface area (Å²) >= 11 is 0. The summed E-state index contributed by atoms with van der Waals surface area (Å²) in [5.74, 6) is -1.73. The summed E-state index contributed by atoms with van der Waals surface area (Å²) in [5, 5.41) is 14.1. The molecule has 18 heavy (non-hydrogen) atoms. The van der Waals surface area contributed by atoms with Gasteiger partial charge in [0.1, 0.15) is 12.4 Å². The molecule has 0 aliphatic carbocycles. The van der Waals surface area contributed by atoms with Crippen LogP contribution < -0.4 is 5.32 Å². The number of carboxylic acids is 1. The number of nitrogens with zero attached hydrogens (tertiary/aromatic N) is 1. The number of halogens is 1. The second-order valence-electron chi connectivity index (χ2n) is 4.84. The maximum absolute atomic E-state index is 12.3. The lowest BCUT2D eigenvalue weighted by Gasteiger charge is -2.12. The summed E-state index contributed by atoms with van der Waals surface area (Å²) in [5.41, 5.74) is -0.391. The minimum Gasteiger partial charge on any atom is -0.480 e. The van der Waals surface area contributed by atoms with E-state index < -0.39 is 24.6 Å². The topological polar surface area (TPSA) is 92.4 Å². The van der Waals surface area contributed by atoms with E-state index in [1.54, 1.807) is 0 Å². The molecule has 0 aliphatic rings. The van der Waals surface area contributed by atoms with Gasteiger partial charge in [0.15, 0.2) is 11.7 Å². The predicted molar refractivity (Wildman–Crippen MR) is 60.1 cm³/mol. The van der Waals surface area contributed by atoms with Gasteiger partial charge in [-0.15, -0.1) is 0 Å². The molecule has 0 saturated heterocycles. The van der Waals surface area contributed by atoms with Crippen molar-refractivity contribution in [3.05, 3.63) is 17.5 Å². The van der Waals surface area contributed by atoms with Gasteiger partial charge >= 0.3 is 5.97 Å². The number of hydrogen-bond donors (Lipinski definition) is 2. The van der Waals surface area contributed by atoms with E-state index in [1.165, 1.54) is 6.07 Å². The molecule has 0 bridgehead atoms. The van der Waals surface area contributed by atoms with Crippen molar-refractivity contribution in [2.45, 2.75) is 32.2 Å². The van der Waals surface area contributed by atoms with Gasteiger partial charge < -0.3 is 14.9 Å². The van der Waals surface area contributed by atoms with E-state index in [0.717, 1.165) is 0 Å². The summed E-state index contributed by atoms with van der Waals surface area (Å²) in [6, 6.07) is -0.167. The van der Waals surface area contributed by atoms with Crippen molar-refractivity contribution in [1.82, 2.24) is 10.5 Å². The molecular formula is C11H15FN2O4. The fraction of sp³-hybridized carbons (Fsp3) is 0.545. The highest BCUT2D eigenvalue weighted by Gasteiger charge is 2.25. The Hall–Kier alpha value is -1.92. The van der Waals surface area contributed by atoms with Crippen molar-refractivity contribution in [2.24, 2.45) is 0 Å². The van der Waals surface area contributed by atoms with Crippen molar-refractivity contribution in [3.8, 4) is 0 Å². The van der Waals surface area contributed by atoms with Crippen LogP contribution in [0.25, 0.3) is 0 Å². The van der Waals surface area contributed by atoms with E-state index in [0.29, 0.717) is 5.76 Å². The molecule has 100 valence electrons. The largest absolute Gasteiger partial charge is 0.480 e. The average Bonchev–Trinajstić information content (AvgIpc) is 2.73. The smallest absolute Gasteiger partial charge is 0.328 e. The molecule has 0 aliphatic heterocycles. The molecule has 0 spiro atoms. The van der Waals surface area contributed by atoms with Crippen molar-refractivity contribution in [2.75, 3.05) is 6.67 Å². The highest BCUT2D eigenvalue weighted by Crippen LogP contribution is 2.22. The lowest BCUT2D eigenvalue weighted by Crippen LogP contribution is -2.42. The second kappa shape index (κ2) is 5.16. The maximum atomic E-state index is 12.3. The number of carbonyl (C=O) groups excluding carboxylic acids is 1. The SMILES string of the molecule is CC(C)(C)c1cc(C(=O)NC(CF)C(=O)O)no1. The van der Waals surface area contributed by atoms with Gasteiger partial charge in [0.05, 0.1) is 0 Å². The molecule has 1 aromatic heterocycles.